The molecule has 2 saturated carbocycles. The van der Waals surface area contributed by atoms with Crippen LogP contribution < -0.4 is 4.90 Å². The lowest BCUT2D eigenvalue weighted by atomic mass is 9.50. The number of ketones is 2. The Morgan fingerprint density at radius 1 is 1.02 bits per heavy atom. The first kappa shape index (κ1) is 30.4. The van der Waals surface area contributed by atoms with Crippen LogP contribution in [0.5, 0.6) is 0 Å². The van der Waals surface area contributed by atoms with Crippen LogP contribution in [0, 0.1) is 17.3 Å². The fraction of sp³-hybridized carbons (Fsp3) is 0.611. The number of hydrogen-bond acceptors (Lipinski definition) is 6. The monoisotopic (exact) mass is 573 g/mol. The van der Waals surface area contributed by atoms with Gasteiger partial charge >= 0.3 is 5.97 Å². The van der Waals surface area contributed by atoms with Gasteiger partial charge in [0.05, 0.1) is 0 Å². The van der Waals surface area contributed by atoms with Crippen molar-refractivity contribution in [2.75, 3.05) is 18.5 Å². The molecule has 2 fully saturated rings. The second kappa shape index (κ2) is 12.3. The van der Waals surface area contributed by atoms with E-state index in [-0.39, 0.29) is 29.4 Å². The van der Waals surface area contributed by atoms with Gasteiger partial charge in [0.15, 0.2) is 17.2 Å². The van der Waals surface area contributed by atoms with Crippen molar-refractivity contribution < 1.29 is 23.9 Å². The molecule has 5 rings (SSSR count). The number of hydrogen-bond donors (Lipinski definition) is 0. The van der Waals surface area contributed by atoms with Crippen LogP contribution in [0.4, 0.5) is 5.69 Å². The van der Waals surface area contributed by atoms with Gasteiger partial charge in [0.25, 0.3) is 0 Å². The van der Waals surface area contributed by atoms with Gasteiger partial charge in [-0.2, -0.15) is 0 Å². The molecule has 0 aliphatic heterocycles. The van der Waals surface area contributed by atoms with Crippen molar-refractivity contribution in [3.63, 3.8) is 0 Å². The third kappa shape index (κ3) is 5.42. The molecule has 42 heavy (non-hydrogen) atoms. The summed E-state index contributed by atoms with van der Waals surface area (Å²) in [5.41, 5.74) is 4.91. The first-order valence-corrected chi connectivity index (χ1v) is 16.0. The van der Waals surface area contributed by atoms with E-state index in [4.69, 9.17) is 4.74 Å². The highest BCUT2D eigenvalue weighted by atomic mass is 16.6. The third-order valence-electron chi connectivity index (χ3n) is 11.0. The number of carbonyl (C=O) groups is 4. The number of fused-ring (bicyclic) bond motifs is 4. The maximum absolute atomic E-state index is 13.4. The molecule has 0 saturated heterocycles. The quantitative estimate of drug-likeness (QED) is 0.160. The van der Waals surface area contributed by atoms with Crippen molar-refractivity contribution in [2.45, 2.75) is 109 Å². The maximum Gasteiger partial charge on any atom is 0.303 e. The number of unbranched alkanes of at least 4 members (excludes halogenated alkanes) is 4. The van der Waals surface area contributed by atoms with Gasteiger partial charge in [-0.3, -0.25) is 14.4 Å². The van der Waals surface area contributed by atoms with Gasteiger partial charge in [-0.15, -0.1) is 0 Å². The molecule has 0 unspecified atom stereocenters. The van der Waals surface area contributed by atoms with Crippen LogP contribution in [-0.2, 0) is 23.9 Å². The van der Waals surface area contributed by atoms with Crippen LogP contribution in [0.25, 0.3) is 0 Å². The zero-order valence-corrected chi connectivity index (χ0v) is 25.9. The molecule has 1 aromatic carbocycles. The van der Waals surface area contributed by atoms with Crippen molar-refractivity contribution in [3.05, 3.63) is 52.6 Å². The number of carbonyl (C=O) groups excluding carboxylic acids is 4. The summed E-state index contributed by atoms with van der Waals surface area (Å²) in [4.78, 5) is 50.9. The number of Topliss-reactive ketones (excluding diaryl/α,β-unsaturated/α-hetero) is 1. The summed E-state index contributed by atoms with van der Waals surface area (Å²) in [6.07, 6.45) is 13.2. The molecule has 0 heterocycles. The van der Waals surface area contributed by atoms with Crippen molar-refractivity contribution in [2.24, 2.45) is 17.3 Å². The van der Waals surface area contributed by atoms with Crippen LogP contribution in [0.15, 0.2) is 47.1 Å². The van der Waals surface area contributed by atoms with Gasteiger partial charge in [0, 0.05) is 50.4 Å². The van der Waals surface area contributed by atoms with Gasteiger partial charge in [-0.1, -0.05) is 37.5 Å². The van der Waals surface area contributed by atoms with Gasteiger partial charge in [0.2, 0.25) is 0 Å². The fourth-order valence-corrected chi connectivity index (χ4v) is 9.03. The average Bonchev–Trinajstić information content (AvgIpc) is 3.26. The summed E-state index contributed by atoms with van der Waals surface area (Å²) in [7, 11) is 2.13. The predicted octanol–water partition coefficient (Wildman–Crippen LogP) is 7.06. The van der Waals surface area contributed by atoms with E-state index in [1.165, 1.54) is 34.9 Å². The minimum Gasteiger partial charge on any atom is -0.451 e. The fourth-order valence-electron chi connectivity index (χ4n) is 9.03. The minimum absolute atomic E-state index is 0.0413. The Balaban J connectivity index is 1.48. The van der Waals surface area contributed by atoms with Crippen LogP contribution >= 0.6 is 0 Å². The first-order chi connectivity index (χ1) is 20.1. The van der Waals surface area contributed by atoms with Crippen molar-refractivity contribution in [1.29, 1.82) is 0 Å². The smallest absolute Gasteiger partial charge is 0.303 e. The Morgan fingerprint density at radius 2 is 1.76 bits per heavy atom. The molecular formula is C36H47NO5. The first-order valence-electron chi connectivity index (χ1n) is 16.0. The normalized spacial score (nSPS) is 30.1. The zero-order valence-electron chi connectivity index (χ0n) is 25.9. The number of aldehydes is 1. The van der Waals surface area contributed by atoms with Crippen LogP contribution in [0.1, 0.15) is 109 Å². The minimum atomic E-state index is -1.09. The van der Waals surface area contributed by atoms with Crippen molar-refractivity contribution in [1.82, 2.24) is 0 Å². The van der Waals surface area contributed by atoms with E-state index in [0.717, 1.165) is 70.6 Å². The van der Waals surface area contributed by atoms with Gasteiger partial charge in [-0.25, -0.2) is 0 Å². The highest BCUT2D eigenvalue weighted by Crippen LogP contribution is 2.67. The molecule has 0 N–H and O–H groups in total. The largest absolute Gasteiger partial charge is 0.451 e. The molecule has 0 amide bonds. The Hall–Kier alpha value is -3.02. The Kier molecular flexibility index (Phi) is 8.91. The van der Waals surface area contributed by atoms with E-state index in [2.05, 4.69) is 43.1 Å². The predicted molar refractivity (Wildman–Crippen MR) is 164 cm³/mol. The maximum atomic E-state index is 13.4. The molecule has 226 valence electrons. The van der Waals surface area contributed by atoms with Gasteiger partial charge in [0.1, 0.15) is 6.29 Å². The Morgan fingerprint density at radius 3 is 2.45 bits per heavy atom. The average molecular weight is 574 g/mol. The number of esters is 1. The SMILES string of the molecule is CC(=O)O[C@]1(C(C)=O)CC[C@H]2[C@@H]3CCC4=CC(=O)CCC4=C3[C@@H](c3ccc(N(C)CCCCCCC=O)cc3)C[C@@]21C. The Bertz CT molecular complexity index is 1290. The zero-order chi connectivity index (χ0) is 30.1. The lowest BCUT2D eigenvalue weighted by molar-refractivity contribution is -0.182. The molecular weight excluding hydrogens is 526 g/mol. The molecule has 4 aliphatic rings. The highest BCUT2D eigenvalue weighted by Gasteiger charge is 2.67. The number of anilines is 1. The third-order valence-corrected chi connectivity index (χ3v) is 11.0. The number of nitrogens with zero attached hydrogens (tertiary/aromatic N) is 1. The molecule has 6 nitrogen and oxygen atoms in total. The molecule has 0 bridgehead atoms. The van der Waals surface area contributed by atoms with Crippen LogP contribution in [0.2, 0.25) is 0 Å². The summed E-state index contributed by atoms with van der Waals surface area (Å²) < 4.78 is 6.05. The van der Waals surface area contributed by atoms with E-state index in [1.807, 2.05) is 6.08 Å². The molecule has 6 heteroatoms. The summed E-state index contributed by atoms with van der Waals surface area (Å²) in [6.45, 7) is 6.19. The molecule has 4 aliphatic carbocycles. The van der Waals surface area contributed by atoms with Gasteiger partial charge in [-0.05, 0) is 105 Å². The van der Waals surface area contributed by atoms with E-state index in [0.29, 0.717) is 25.2 Å². The summed E-state index contributed by atoms with van der Waals surface area (Å²) in [5, 5.41) is 0. The molecule has 1 aromatic rings. The lowest BCUT2D eigenvalue weighted by Crippen LogP contribution is -2.57. The number of ether oxygens (including phenoxy) is 1. The number of benzene rings is 1. The number of allylic oxidation sites excluding steroid dienone is 4. The van der Waals surface area contributed by atoms with E-state index in [9.17, 15) is 19.2 Å². The van der Waals surface area contributed by atoms with E-state index >= 15 is 0 Å². The lowest BCUT2D eigenvalue weighted by Gasteiger charge is -2.55. The summed E-state index contributed by atoms with van der Waals surface area (Å²) in [5.74, 6) is 0.479. The van der Waals surface area contributed by atoms with Crippen molar-refractivity contribution >= 4 is 29.5 Å². The van der Waals surface area contributed by atoms with Crippen molar-refractivity contribution in [3.8, 4) is 0 Å². The molecule has 0 spiro atoms. The van der Waals surface area contributed by atoms with E-state index in [1.54, 1.807) is 6.92 Å². The molecule has 0 aromatic heterocycles. The van der Waals surface area contributed by atoms with Crippen LogP contribution in [-0.4, -0.2) is 43.0 Å². The van der Waals surface area contributed by atoms with Gasteiger partial charge < -0.3 is 14.4 Å². The summed E-state index contributed by atoms with van der Waals surface area (Å²) >= 11 is 0. The topological polar surface area (TPSA) is 80.8 Å². The summed E-state index contributed by atoms with van der Waals surface area (Å²) in [6, 6.07) is 8.91. The standard InChI is InChI=1S/C36H47NO5/c1-24(39)36(42-25(2)40)19-18-33-31-16-12-27-22-29(41)15-17-30(27)34(31)32(23-35(33,36)3)26-10-13-28(14-11-26)37(4)20-8-6-5-7-9-21-38/h10-11,13-14,21-22,31-33H,5-9,12,15-20,23H2,1-4H3/t31-,32+,33-,35-,36-/m0/s1. The number of rotatable bonds is 11. The highest BCUT2D eigenvalue weighted by molar-refractivity contribution is 5.93. The molecule has 5 atom stereocenters. The van der Waals surface area contributed by atoms with E-state index < -0.39 is 11.0 Å². The van der Waals surface area contributed by atoms with Crippen LogP contribution in [0.3, 0.4) is 0 Å². The Labute approximate surface area is 250 Å². The second-order valence-electron chi connectivity index (χ2n) is 13.4. The second-order valence-corrected chi connectivity index (χ2v) is 13.4. The molecule has 0 radical (unpaired) electrons.